The highest BCUT2D eigenvalue weighted by Gasteiger charge is 2.10. The van der Waals surface area contributed by atoms with E-state index in [1.807, 2.05) is 7.05 Å². The van der Waals surface area contributed by atoms with Crippen LogP contribution in [0.15, 0.2) is 24.3 Å². The van der Waals surface area contributed by atoms with Crippen LogP contribution >= 0.6 is 0 Å². The van der Waals surface area contributed by atoms with Crippen molar-refractivity contribution in [2.24, 2.45) is 0 Å². The molecule has 1 N–H and O–H groups in total. The van der Waals surface area contributed by atoms with E-state index in [1.165, 1.54) is 56.2 Å². The highest BCUT2D eigenvalue weighted by molar-refractivity contribution is 5.46. The third kappa shape index (κ3) is 5.69. The number of hydrogen-bond donors (Lipinski definition) is 1. The van der Waals surface area contributed by atoms with E-state index in [2.05, 4.69) is 40.6 Å². The monoisotopic (exact) mass is 299 g/mol. The maximum Gasteiger partial charge on any atom is 0.0640 e. The van der Waals surface area contributed by atoms with Crippen LogP contribution in [-0.4, -0.2) is 19.6 Å². The van der Waals surface area contributed by atoms with Crippen molar-refractivity contribution in [3.63, 3.8) is 0 Å². The fourth-order valence-electron chi connectivity index (χ4n) is 3.14. The van der Waals surface area contributed by atoms with Gasteiger partial charge in [0.25, 0.3) is 0 Å². The Hall–Kier alpha value is -1.53. The molecule has 0 bridgehead atoms. The molecule has 3 heteroatoms. The fraction of sp³-hybridized carbons (Fsp3) is 0.632. The van der Waals surface area contributed by atoms with Crippen LogP contribution in [0.25, 0.3) is 0 Å². The molecule has 0 saturated heterocycles. The smallest absolute Gasteiger partial charge is 0.0640 e. The van der Waals surface area contributed by atoms with Gasteiger partial charge in [-0.1, -0.05) is 44.2 Å². The minimum atomic E-state index is 0.571. The van der Waals surface area contributed by atoms with Crippen LogP contribution in [0.3, 0.4) is 0 Å². The van der Waals surface area contributed by atoms with E-state index in [0.717, 1.165) is 13.1 Å². The molecule has 2 rings (SSSR count). The Labute approximate surface area is 135 Å². The molecule has 0 unspecified atom stereocenters. The van der Waals surface area contributed by atoms with Gasteiger partial charge in [0.2, 0.25) is 0 Å². The van der Waals surface area contributed by atoms with Gasteiger partial charge in [0.05, 0.1) is 12.5 Å². The first kappa shape index (κ1) is 16.8. The molecule has 0 spiro atoms. The first-order valence-corrected chi connectivity index (χ1v) is 8.70. The number of anilines is 1. The second-order valence-corrected chi connectivity index (χ2v) is 6.42. The van der Waals surface area contributed by atoms with Gasteiger partial charge in [0.15, 0.2) is 0 Å². The zero-order valence-electron chi connectivity index (χ0n) is 13.9. The minimum Gasteiger partial charge on any atom is -0.374 e. The molecular formula is C19H29N3. The van der Waals surface area contributed by atoms with Gasteiger partial charge in [-0.2, -0.15) is 5.26 Å². The molecule has 0 aromatic heterocycles. The molecule has 22 heavy (non-hydrogen) atoms. The number of nitrogens with zero attached hydrogens (tertiary/aromatic N) is 2. The van der Waals surface area contributed by atoms with Crippen molar-refractivity contribution in [3.8, 4) is 6.07 Å². The van der Waals surface area contributed by atoms with Gasteiger partial charge < -0.3 is 10.2 Å². The fourth-order valence-corrected chi connectivity index (χ4v) is 3.14. The zero-order valence-corrected chi connectivity index (χ0v) is 13.9. The summed E-state index contributed by atoms with van der Waals surface area (Å²) in [5.74, 6) is 0. The summed E-state index contributed by atoms with van der Waals surface area (Å²) in [5.41, 5.74) is 2.53. The Morgan fingerprint density at radius 3 is 2.36 bits per heavy atom. The molecular weight excluding hydrogens is 270 g/mol. The van der Waals surface area contributed by atoms with Crippen molar-refractivity contribution < 1.29 is 0 Å². The van der Waals surface area contributed by atoms with Crippen LogP contribution < -0.4 is 10.2 Å². The first-order chi connectivity index (χ1) is 10.8. The summed E-state index contributed by atoms with van der Waals surface area (Å²) in [6, 6.07) is 11.6. The lowest BCUT2D eigenvalue weighted by Gasteiger charge is -2.21. The van der Waals surface area contributed by atoms with Gasteiger partial charge in [0, 0.05) is 31.9 Å². The summed E-state index contributed by atoms with van der Waals surface area (Å²) in [6.45, 7) is 1.75. The Morgan fingerprint density at radius 1 is 1.09 bits per heavy atom. The Kier molecular flexibility index (Phi) is 7.25. The number of rotatable bonds is 6. The molecule has 0 heterocycles. The molecule has 0 radical (unpaired) electrons. The SMILES string of the molecule is CN(CCC#N)c1ccc(CNC2CCCCCCC2)cc1. The molecule has 1 aliphatic carbocycles. The molecule has 1 aromatic rings. The second kappa shape index (κ2) is 9.48. The maximum atomic E-state index is 8.65. The average molecular weight is 299 g/mol. The van der Waals surface area contributed by atoms with Gasteiger partial charge in [-0.15, -0.1) is 0 Å². The minimum absolute atomic E-state index is 0.571. The normalized spacial score (nSPS) is 16.5. The summed E-state index contributed by atoms with van der Waals surface area (Å²) in [5, 5.41) is 12.4. The van der Waals surface area contributed by atoms with Gasteiger partial charge in [-0.25, -0.2) is 0 Å². The molecule has 1 aliphatic rings. The van der Waals surface area contributed by atoms with Crippen LogP contribution in [0.4, 0.5) is 5.69 Å². The first-order valence-electron chi connectivity index (χ1n) is 8.70. The Morgan fingerprint density at radius 2 is 1.73 bits per heavy atom. The lowest BCUT2D eigenvalue weighted by molar-refractivity contribution is 0.389. The number of nitrogens with one attached hydrogen (secondary N) is 1. The van der Waals surface area contributed by atoms with Gasteiger partial charge in [-0.3, -0.25) is 0 Å². The lowest BCUT2D eigenvalue weighted by atomic mass is 9.96. The average Bonchev–Trinajstić information content (AvgIpc) is 2.52. The van der Waals surface area contributed by atoms with Crippen LogP contribution in [0.1, 0.15) is 56.9 Å². The third-order valence-corrected chi connectivity index (χ3v) is 4.64. The third-order valence-electron chi connectivity index (χ3n) is 4.64. The maximum absolute atomic E-state index is 8.65. The van der Waals surface area contributed by atoms with E-state index in [1.54, 1.807) is 0 Å². The van der Waals surface area contributed by atoms with Gasteiger partial charge in [0.1, 0.15) is 0 Å². The quantitative estimate of drug-likeness (QED) is 0.854. The molecule has 3 nitrogen and oxygen atoms in total. The van der Waals surface area contributed by atoms with Crippen molar-refractivity contribution in [3.05, 3.63) is 29.8 Å². The number of hydrogen-bond acceptors (Lipinski definition) is 3. The van der Waals surface area contributed by atoms with Crippen LogP contribution in [0.5, 0.6) is 0 Å². The van der Waals surface area contributed by atoms with E-state index in [9.17, 15) is 0 Å². The number of benzene rings is 1. The molecule has 0 atom stereocenters. The van der Waals surface area contributed by atoms with E-state index in [0.29, 0.717) is 12.5 Å². The van der Waals surface area contributed by atoms with Crippen molar-refractivity contribution >= 4 is 5.69 Å². The van der Waals surface area contributed by atoms with Crippen LogP contribution in [0.2, 0.25) is 0 Å². The van der Waals surface area contributed by atoms with Crippen molar-refractivity contribution in [2.45, 2.75) is 64.0 Å². The largest absolute Gasteiger partial charge is 0.374 e. The topological polar surface area (TPSA) is 39.1 Å². The summed E-state index contributed by atoms with van der Waals surface area (Å²) in [4.78, 5) is 2.13. The summed E-state index contributed by atoms with van der Waals surface area (Å²) >= 11 is 0. The second-order valence-electron chi connectivity index (χ2n) is 6.42. The van der Waals surface area contributed by atoms with E-state index < -0.39 is 0 Å². The number of nitriles is 1. The molecule has 1 fully saturated rings. The van der Waals surface area contributed by atoms with Crippen molar-refractivity contribution in [2.75, 3.05) is 18.5 Å². The predicted molar refractivity (Wildman–Crippen MR) is 92.9 cm³/mol. The van der Waals surface area contributed by atoms with E-state index >= 15 is 0 Å². The molecule has 0 amide bonds. The van der Waals surface area contributed by atoms with E-state index in [4.69, 9.17) is 5.26 Å². The lowest BCUT2D eigenvalue weighted by Crippen LogP contribution is -2.29. The molecule has 1 aromatic carbocycles. The highest BCUT2D eigenvalue weighted by atomic mass is 15.1. The molecule has 1 saturated carbocycles. The Bertz CT molecular complexity index is 453. The van der Waals surface area contributed by atoms with Crippen LogP contribution in [-0.2, 0) is 6.54 Å². The molecule has 120 valence electrons. The zero-order chi connectivity index (χ0) is 15.6. The van der Waals surface area contributed by atoms with E-state index in [-0.39, 0.29) is 0 Å². The summed E-state index contributed by atoms with van der Waals surface area (Å²) in [7, 11) is 2.04. The molecule has 0 aliphatic heterocycles. The standard InChI is InChI=1S/C19H29N3/c1-22(15-7-14-20)19-12-10-17(11-13-19)16-21-18-8-5-3-2-4-6-9-18/h10-13,18,21H,2-9,15-16H2,1H3. The Balaban J connectivity index is 1.79. The van der Waals surface area contributed by atoms with Crippen LogP contribution in [0, 0.1) is 11.3 Å². The van der Waals surface area contributed by atoms with Gasteiger partial charge >= 0.3 is 0 Å². The van der Waals surface area contributed by atoms with Gasteiger partial charge in [-0.05, 0) is 30.5 Å². The summed E-state index contributed by atoms with van der Waals surface area (Å²) < 4.78 is 0. The summed E-state index contributed by atoms with van der Waals surface area (Å²) in [6.07, 6.45) is 10.2. The van der Waals surface area contributed by atoms with Crippen molar-refractivity contribution in [1.82, 2.24) is 5.32 Å². The highest BCUT2D eigenvalue weighted by Crippen LogP contribution is 2.18. The van der Waals surface area contributed by atoms with Crippen molar-refractivity contribution in [1.29, 1.82) is 5.26 Å². The predicted octanol–water partition coefficient (Wildman–Crippen LogP) is 4.24.